The van der Waals surface area contributed by atoms with E-state index >= 15 is 0 Å². The summed E-state index contributed by atoms with van der Waals surface area (Å²) in [5.41, 5.74) is 4.89. The van der Waals surface area contributed by atoms with Gasteiger partial charge in [-0.3, -0.25) is 0 Å². The Hall–Kier alpha value is -5.46. The highest BCUT2D eigenvalue weighted by molar-refractivity contribution is 6.25. The summed E-state index contributed by atoms with van der Waals surface area (Å²) in [7, 11) is 0. The Morgan fingerprint density at radius 2 is 0.595 bits per heavy atom. The van der Waals surface area contributed by atoms with Gasteiger partial charge in [-0.2, -0.15) is 0 Å². The monoisotopic (exact) mass is 530 g/mol. The topological polar surface area (TPSA) is 0 Å². The van der Waals surface area contributed by atoms with Crippen LogP contribution in [-0.2, 0) is 0 Å². The van der Waals surface area contributed by atoms with Crippen molar-refractivity contribution >= 4 is 88.9 Å². The van der Waals surface area contributed by atoms with Gasteiger partial charge in [0.2, 0.25) is 0 Å². The van der Waals surface area contributed by atoms with E-state index in [1.807, 2.05) is 0 Å². The first-order valence-electron chi connectivity index (χ1n) is 14.6. The lowest BCUT2D eigenvalue weighted by Crippen LogP contribution is -1.86. The number of hydrogen-bond donors (Lipinski definition) is 0. The Morgan fingerprint density at radius 3 is 1.00 bits per heavy atom. The SMILES string of the molecule is C(=Cc1ccc2ccc3cccc4ccc1c2c34)c1ccc(C=Cc2ccc3ccc4cccc5ccc2c3c45)cc1. The summed E-state index contributed by atoms with van der Waals surface area (Å²) < 4.78 is 0. The average molecular weight is 531 g/mol. The van der Waals surface area contributed by atoms with Gasteiger partial charge in [0.15, 0.2) is 0 Å². The molecule has 0 atom stereocenters. The lowest BCUT2D eigenvalue weighted by Gasteiger charge is -2.12. The first kappa shape index (κ1) is 23.3. The zero-order valence-corrected chi connectivity index (χ0v) is 23.0. The smallest absolute Gasteiger partial charge is 0.00208 e. The van der Waals surface area contributed by atoms with E-state index in [0.717, 1.165) is 0 Å². The molecule has 0 saturated heterocycles. The summed E-state index contributed by atoms with van der Waals surface area (Å²) in [6, 6.07) is 49.0. The lowest BCUT2D eigenvalue weighted by atomic mass is 9.91. The van der Waals surface area contributed by atoms with Crippen LogP contribution >= 0.6 is 0 Å². The fraction of sp³-hybridized carbons (Fsp3) is 0. The Kier molecular flexibility index (Phi) is 5.00. The highest BCUT2D eigenvalue weighted by Crippen LogP contribution is 2.38. The normalized spacial score (nSPS) is 12.6. The molecule has 0 spiro atoms. The van der Waals surface area contributed by atoms with Crippen LogP contribution in [0.2, 0.25) is 0 Å². The third-order valence-electron chi connectivity index (χ3n) is 8.97. The molecule has 0 radical (unpaired) electrons. The van der Waals surface area contributed by atoms with Gasteiger partial charge in [0.05, 0.1) is 0 Å². The molecule has 0 aromatic heterocycles. The fourth-order valence-corrected chi connectivity index (χ4v) is 6.90. The number of rotatable bonds is 4. The molecular weight excluding hydrogens is 504 g/mol. The minimum absolute atomic E-state index is 1.19. The van der Waals surface area contributed by atoms with Crippen LogP contribution in [0, 0.1) is 0 Å². The highest BCUT2D eigenvalue weighted by atomic mass is 14.1. The minimum Gasteiger partial charge on any atom is -0.0610 e. The molecule has 0 heteroatoms. The molecule has 194 valence electrons. The molecule has 9 aromatic rings. The van der Waals surface area contributed by atoms with E-state index in [0.29, 0.717) is 0 Å². The predicted octanol–water partition coefficient (Wildman–Crippen LogP) is 11.8. The van der Waals surface area contributed by atoms with E-state index in [2.05, 4.69) is 158 Å². The quantitative estimate of drug-likeness (QED) is 0.157. The van der Waals surface area contributed by atoms with Crippen LogP contribution < -0.4 is 0 Å². The van der Waals surface area contributed by atoms with Crippen LogP contribution in [0.3, 0.4) is 0 Å². The van der Waals surface area contributed by atoms with Gasteiger partial charge in [-0.1, -0.05) is 158 Å². The second kappa shape index (κ2) is 9.03. The largest absolute Gasteiger partial charge is 0.0610 e. The zero-order chi connectivity index (χ0) is 27.6. The molecule has 0 N–H and O–H groups in total. The van der Waals surface area contributed by atoms with E-state index < -0.39 is 0 Å². The van der Waals surface area contributed by atoms with Crippen molar-refractivity contribution in [2.45, 2.75) is 0 Å². The molecule has 9 aromatic carbocycles. The van der Waals surface area contributed by atoms with Gasteiger partial charge >= 0.3 is 0 Å². The molecule has 0 fully saturated rings. The second-order valence-corrected chi connectivity index (χ2v) is 11.4. The molecule has 0 aliphatic rings. The van der Waals surface area contributed by atoms with Crippen molar-refractivity contribution in [3.63, 3.8) is 0 Å². The van der Waals surface area contributed by atoms with Gasteiger partial charge in [-0.25, -0.2) is 0 Å². The molecule has 0 heterocycles. The minimum atomic E-state index is 1.19. The van der Waals surface area contributed by atoms with Gasteiger partial charge < -0.3 is 0 Å². The molecule has 0 bridgehead atoms. The molecule has 0 aliphatic carbocycles. The maximum absolute atomic E-state index is 2.27. The van der Waals surface area contributed by atoms with E-state index in [4.69, 9.17) is 0 Å². The van der Waals surface area contributed by atoms with Crippen molar-refractivity contribution in [2.24, 2.45) is 0 Å². The van der Waals surface area contributed by atoms with Gasteiger partial charge in [0.25, 0.3) is 0 Å². The van der Waals surface area contributed by atoms with Gasteiger partial charge in [-0.15, -0.1) is 0 Å². The second-order valence-electron chi connectivity index (χ2n) is 11.4. The highest BCUT2D eigenvalue weighted by Gasteiger charge is 2.11. The van der Waals surface area contributed by atoms with Crippen LogP contribution in [0.15, 0.2) is 133 Å². The summed E-state index contributed by atoms with van der Waals surface area (Å²) in [5.74, 6) is 0. The lowest BCUT2D eigenvalue weighted by molar-refractivity contribution is 1.62. The molecule has 0 unspecified atom stereocenters. The molecule has 0 saturated carbocycles. The Labute approximate surface area is 244 Å². The maximum Gasteiger partial charge on any atom is -0.00208 e. The average Bonchev–Trinajstić information content (AvgIpc) is 3.05. The van der Waals surface area contributed by atoms with Crippen molar-refractivity contribution in [1.82, 2.24) is 0 Å². The van der Waals surface area contributed by atoms with E-state index in [-0.39, 0.29) is 0 Å². The Bertz CT molecular complexity index is 2280. The molecule has 42 heavy (non-hydrogen) atoms. The zero-order valence-electron chi connectivity index (χ0n) is 23.0. The Balaban J connectivity index is 1.03. The molecule has 0 amide bonds. The van der Waals surface area contributed by atoms with E-state index in [1.165, 1.54) is 86.9 Å². The summed E-state index contributed by atoms with van der Waals surface area (Å²) in [5, 5.41) is 15.9. The standard InChI is InChI=1S/C42H26/c1-3-31-19-21-35-17-15-29(37-25-23-33(5-1)39(31)41(35)37)13-11-27-7-9-28(10-8-27)12-14-30-16-18-36-22-20-32-4-2-6-34-24-26-38(30)42(36)40(32)34/h1-26H. The molecule has 0 nitrogen and oxygen atoms in total. The van der Waals surface area contributed by atoms with Crippen LogP contribution in [-0.4, -0.2) is 0 Å². The van der Waals surface area contributed by atoms with Crippen molar-refractivity contribution in [3.05, 3.63) is 156 Å². The van der Waals surface area contributed by atoms with Crippen molar-refractivity contribution in [3.8, 4) is 0 Å². The van der Waals surface area contributed by atoms with E-state index in [9.17, 15) is 0 Å². The third-order valence-corrected chi connectivity index (χ3v) is 8.97. The summed E-state index contributed by atoms with van der Waals surface area (Å²) in [6.45, 7) is 0. The van der Waals surface area contributed by atoms with Crippen LogP contribution in [0.25, 0.3) is 88.9 Å². The van der Waals surface area contributed by atoms with Crippen LogP contribution in [0.5, 0.6) is 0 Å². The van der Waals surface area contributed by atoms with Crippen LogP contribution in [0.1, 0.15) is 22.3 Å². The van der Waals surface area contributed by atoms with Crippen LogP contribution in [0.4, 0.5) is 0 Å². The van der Waals surface area contributed by atoms with Gasteiger partial charge in [0, 0.05) is 0 Å². The Morgan fingerprint density at radius 1 is 0.262 bits per heavy atom. The summed E-state index contributed by atoms with van der Waals surface area (Å²) in [6.07, 6.45) is 8.95. The first-order valence-corrected chi connectivity index (χ1v) is 14.6. The molecule has 0 aliphatic heterocycles. The van der Waals surface area contributed by atoms with Crippen molar-refractivity contribution in [1.29, 1.82) is 0 Å². The maximum atomic E-state index is 2.27. The third kappa shape index (κ3) is 3.56. The number of hydrogen-bond acceptors (Lipinski definition) is 0. The molecular formula is C42H26. The number of benzene rings is 9. The van der Waals surface area contributed by atoms with Gasteiger partial charge in [0.1, 0.15) is 0 Å². The first-order chi connectivity index (χ1) is 20.8. The van der Waals surface area contributed by atoms with Gasteiger partial charge in [-0.05, 0) is 86.9 Å². The van der Waals surface area contributed by atoms with Crippen molar-refractivity contribution < 1.29 is 0 Å². The fourth-order valence-electron chi connectivity index (χ4n) is 6.90. The summed E-state index contributed by atoms with van der Waals surface area (Å²) >= 11 is 0. The summed E-state index contributed by atoms with van der Waals surface area (Å²) in [4.78, 5) is 0. The van der Waals surface area contributed by atoms with Crippen molar-refractivity contribution in [2.75, 3.05) is 0 Å². The molecule has 9 rings (SSSR count). The van der Waals surface area contributed by atoms with E-state index in [1.54, 1.807) is 0 Å². The predicted molar refractivity (Wildman–Crippen MR) is 185 cm³/mol.